The van der Waals surface area contributed by atoms with Crippen LogP contribution in [0.5, 0.6) is 0 Å². The topological polar surface area (TPSA) is 193 Å². The van der Waals surface area contributed by atoms with E-state index >= 15 is 0 Å². The predicted octanol–water partition coefficient (Wildman–Crippen LogP) is 5.85. The zero-order valence-corrected chi connectivity index (χ0v) is 34.7. The van der Waals surface area contributed by atoms with E-state index in [1.165, 1.54) is 14.2 Å². The van der Waals surface area contributed by atoms with Crippen molar-refractivity contribution in [2.45, 2.75) is 51.9 Å². The van der Waals surface area contributed by atoms with Gasteiger partial charge in [0.25, 0.3) is 0 Å². The van der Waals surface area contributed by atoms with Gasteiger partial charge >= 0.3 is 12.2 Å². The molecule has 60 heavy (non-hydrogen) atoms. The molecule has 4 unspecified atom stereocenters. The Balaban J connectivity index is 1.04. The van der Waals surface area contributed by atoms with Crippen molar-refractivity contribution in [3.8, 4) is 33.6 Å². The van der Waals surface area contributed by atoms with Crippen LogP contribution in [-0.2, 0) is 28.5 Å². The fraction of sp³-hybridized carbons (Fsp3) is 0.409. The van der Waals surface area contributed by atoms with E-state index in [0.717, 1.165) is 44.4 Å². The maximum absolute atomic E-state index is 13.7. The first-order valence-corrected chi connectivity index (χ1v) is 20.2. The van der Waals surface area contributed by atoms with E-state index in [4.69, 9.17) is 18.9 Å². The molecule has 16 nitrogen and oxygen atoms in total. The second-order valence-corrected chi connectivity index (χ2v) is 15.7. The Labute approximate surface area is 348 Å². The third-order valence-corrected chi connectivity index (χ3v) is 11.1. The highest BCUT2D eigenvalue weighted by Gasteiger charge is 2.38. The molecular formula is C44H52N8O8. The average Bonchev–Trinajstić information content (AvgIpc) is 3.98. The Morgan fingerprint density at radius 3 is 1.52 bits per heavy atom. The summed E-state index contributed by atoms with van der Waals surface area (Å²) in [6.07, 6.45) is 2.22. The number of carbonyl (C=O) groups is 4. The third-order valence-electron chi connectivity index (χ3n) is 11.1. The summed E-state index contributed by atoms with van der Waals surface area (Å²) in [7, 11) is 2.55. The first-order chi connectivity index (χ1) is 28.9. The lowest BCUT2D eigenvalue weighted by Gasteiger charge is -2.37. The molecule has 2 aliphatic rings. The van der Waals surface area contributed by atoms with E-state index in [1.807, 2.05) is 45.9 Å². The number of carbonyl (C=O) groups excluding carboxylic acids is 4. The van der Waals surface area contributed by atoms with Gasteiger partial charge in [-0.1, -0.05) is 76.2 Å². The van der Waals surface area contributed by atoms with Crippen LogP contribution in [0, 0.1) is 11.8 Å². The van der Waals surface area contributed by atoms with Crippen molar-refractivity contribution >= 4 is 34.8 Å². The Morgan fingerprint density at radius 2 is 1.05 bits per heavy atom. The number of nitrogens with one attached hydrogen (secondary N) is 4. The van der Waals surface area contributed by atoms with E-state index in [0.29, 0.717) is 38.0 Å². The molecule has 0 radical (unpaired) electrons. The third kappa shape index (κ3) is 8.99. The lowest BCUT2D eigenvalue weighted by molar-refractivity contribution is -0.144. The van der Waals surface area contributed by atoms with Crippen LogP contribution >= 0.6 is 0 Å². The summed E-state index contributed by atoms with van der Waals surface area (Å²) in [6.45, 7) is 9.59. The number of fused-ring (bicyclic) bond motifs is 1. The van der Waals surface area contributed by atoms with E-state index < -0.39 is 36.4 Å². The van der Waals surface area contributed by atoms with Crippen LogP contribution in [0.25, 0.3) is 44.4 Å². The number of H-pyrrole nitrogens is 2. The lowest BCUT2D eigenvalue weighted by Crippen LogP contribution is -2.54. The first-order valence-electron chi connectivity index (χ1n) is 20.2. The van der Waals surface area contributed by atoms with Gasteiger partial charge in [0.1, 0.15) is 35.8 Å². The number of aromatic nitrogens is 4. The molecule has 16 heteroatoms. The molecule has 4 N–H and O–H groups in total. The van der Waals surface area contributed by atoms with Crippen molar-refractivity contribution in [3.05, 3.63) is 84.7 Å². The summed E-state index contributed by atoms with van der Waals surface area (Å²) < 4.78 is 21.1. The number of ether oxygens (including phenoxy) is 4. The standard InChI is InChI=1S/C44H52N8O8/c1-25(2)37(49-43(55)57-5)41(53)51-15-17-59-23-35(51)39-45-21-33(47-39)28-9-7-27(8-10-28)29-11-12-31-20-32(14-13-30(31)19-29)34-22-46-40(48-34)36-24-60-18-16-52(36)42(54)38(26(3)4)50-44(56)58-6/h7-14,19-22,25-26,35-38H,15-18,23-24H2,1-6H3,(H,45,47)(H,46,48)(H,49,55)(H,50,56). The van der Waals surface area contributed by atoms with Gasteiger partial charge in [0, 0.05) is 18.7 Å². The van der Waals surface area contributed by atoms with Crippen LogP contribution in [0.1, 0.15) is 51.4 Å². The summed E-state index contributed by atoms with van der Waals surface area (Å²) in [5, 5.41) is 7.49. The highest BCUT2D eigenvalue weighted by atomic mass is 16.5. The summed E-state index contributed by atoms with van der Waals surface area (Å²) in [6, 6.07) is 18.4. The molecule has 4 atom stereocenters. The lowest BCUT2D eigenvalue weighted by atomic mass is 9.98. The van der Waals surface area contributed by atoms with Gasteiger partial charge in [0.2, 0.25) is 11.8 Å². The molecule has 2 aromatic heterocycles. The van der Waals surface area contributed by atoms with Crippen LogP contribution in [0.4, 0.5) is 9.59 Å². The van der Waals surface area contributed by atoms with Crippen LogP contribution in [0.2, 0.25) is 0 Å². The molecule has 5 aromatic rings. The second kappa shape index (κ2) is 18.3. The van der Waals surface area contributed by atoms with Gasteiger partial charge in [0.15, 0.2) is 0 Å². The monoisotopic (exact) mass is 820 g/mol. The van der Waals surface area contributed by atoms with Crippen molar-refractivity contribution in [1.82, 2.24) is 40.4 Å². The van der Waals surface area contributed by atoms with Gasteiger partial charge in [-0.05, 0) is 51.4 Å². The minimum atomic E-state index is -0.752. The van der Waals surface area contributed by atoms with Crippen molar-refractivity contribution in [2.75, 3.05) is 53.7 Å². The molecule has 2 aliphatic heterocycles. The molecule has 0 spiro atoms. The Hall–Kier alpha value is -6.26. The molecule has 0 saturated carbocycles. The minimum absolute atomic E-state index is 0.152. The molecule has 0 bridgehead atoms. The van der Waals surface area contributed by atoms with Gasteiger partial charge in [0.05, 0.1) is 64.4 Å². The molecule has 3 aromatic carbocycles. The predicted molar refractivity (Wildman–Crippen MR) is 223 cm³/mol. The highest BCUT2D eigenvalue weighted by Crippen LogP contribution is 2.32. The zero-order chi connectivity index (χ0) is 42.5. The number of benzene rings is 3. The number of amides is 4. The largest absolute Gasteiger partial charge is 0.453 e. The van der Waals surface area contributed by atoms with Gasteiger partial charge < -0.3 is 49.3 Å². The second-order valence-electron chi connectivity index (χ2n) is 15.7. The number of hydrogen-bond donors (Lipinski definition) is 4. The Bertz CT molecular complexity index is 2320. The van der Waals surface area contributed by atoms with Gasteiger partial charge in [-0.15, -0.1) is 0 Å². The number of rotatable bonds is 11. The van der Waals surface area contributed by atoms with Gasteiger partial charge in [-0.2, -0.15) is 0 Å². The number of methoxy groups -OCH3 is 2. The number of hydrogen-bond acceptors (Lipinski definition) is 10. The summed E-state index contributed by atoms with van der Waals surface area (Å²) in [4.78, 5) is 70.9. The van der Waals surface area contributed by atoms with Crippen molar-refractivity contribution in [1.29, 1.82) is 0 Å². The summed E-state index contributed by atoms with van der Waals surface area (Å²) >= 11 is 0. The molecule has 0 aliphatic carbocycles. The van der Waals surface area contributed by atoms with E-state index in [-0.39, 0.29) is 36.9 Å². The number of morpholine rings is 2. The number of alkyl carbamates (subject to hydrolysis) is 2. The summed E-state index contributed by atoms with van der Waals surface area (Å²) in [5.74, 6) is 0.475. The molecule has 2 fully saturated rings. The van der Waals surface area contributed by atoms with Crippen LogP contribution in [0.15, 0.2) is 73.1 Å². The van der Waals surface area contributed by atoms with Crippen molar-refractivity contribution in [2.24, 2.45) is 11.8 Å². The highest BCUT2D eigenvalue weighted by molar-refractivity contribution is 5.91. The molecule has 7 rings (SSSR count). The quantitative estimate of drug-likeness (QED) is 0.126. The fourth-order valence-electron chi connectivity index (χ4n) is 7.68. The van der Waals surface area contributed by atoms with Crippen molar-refractivity contribution < 1.29 is 38.1 Å². The van der Waals surface area contributed by atoms with E-state index in [9.17, 15) is 19.2 Å². The molecule has 316 valence electrons. The Kier molecular flexibility index (Phi) is 12.8. The fourth-order valence-corrected chi connectivity index (χ4v) is 7.68. The summed E-state index contributed by atoms with van der Waals surface area (Å²) in [5.41, 5.74) is 5.62. The maximum Gasteiger partial charge on any atom is 0.407 e. The average molecular weight is 821 g/mol. The number of nitrogens with zero attached hydrogens (tertiary/aromatic N) is 4. The molecular weight excluding hydrogens is 769 g/mol. The van der Waals surface area contributed by atoms with Gasteiger partial charge in [-0.3, -0.25) is 9.59 Å². The van der Waals surface area contributed by atoms with Gasteiger partial charge in [-0.25, -0.2) is 19.6 Å². The van der Waals surface area contributed by atoms with Crippen LogP contribution < -0.4 is 10.6 Å². The maximum atomic E-state index is 13.7. The minimum Gasteiger partial charge on any atom is -0.453 e. The van der Waals surface area contributed by atoms with E-state index in [2.05, 4.69) is 73.0 Å². The Morgan fingerprint density at radius 1 is 0.633 bits per heavy atom. The molecule has 4 heterocycles. The van der Waals surface area contributed by atoms with Crippen LogP contribution in [-0.4, -0.2) is 120 Å². The normalized spacial score (nSPS) is 18.0. The zero-order valence-electron chi connectivity index (χ0n) is 34.7. The number of aromatic amines is 2. The SMILES string of the molecule is COC(=O)NC(C(=O)N1CCOCC1c1ncc(-c2ccc(-c3ccc4cc(-c5cnc(C6COCCN6C(=O)C(NC(=O)OC)C(C)C)[nH]5)ccc4c3)cc2)[nH]1)C(C)C. The first kappa shape index (κ1) is 41.9. The van der Waals surface area contributed by atoms with Crippen molar-refractivity contribution in [3.63, 3.8) is 0 Å². The van der Waals surface area contributed by atoms with Crippen LogP contribution in [0.3, 0.4) is 0 Å². The molecule has 4 amide bonds. The smallest absolute Gasteiger partial charge is 0.407 e. The number of imidazole rings is 2. The molecule has 2 saturated heterocycles. The van der Waals surface area contributed by atoms with E-state index in [1.54, 1.807) is 22.2 Å².